The molecule has 0 saturated heterocycles. The Hall–Kier alpha value is -0.921. The third kappa shape index (κ3) is 7.71. The molecule has 0 amide bonds. The van der Waals surface area contributed by atoms with Crippen LogP contribution in [0.1, 0.15) is 0 Å². The van der Waals surface area contributed by atoms with Gasteiger partial charge in [-0.05, 0) is 0 Å². The molecule has 6 nitrogen and oxygen atoms in total. The van der Waals surface area contributed by atoms with E-state index < -0.39 is 0 Å². The van der Waals surface area contributed by atoms with Crippen molar-refractivity contribution in [2.75, 3.05) is 13.1 Å². The van der Waals surface area contributed by atoms with Gasteiger partial charge >= 0.3 is 46.6 Å². The second kappa shape index (κ2) is 12.1. The van der Waals surface area contributed by atoms with E-state index in [1.165, 1.54) is 0 Å². The first-order valence-electron chi connectivity index (χ1n) is 2.92. The first kappa shape index (κ1) is 18.8. The van der Waals surface area contributed by atoms with Gasteiger partial charge in [-0.25, -0.2) is 9.80 Å². The van der Waals surface area contributed by atoms with Gasteiger partial charge < -0.3 is 0 Å². The molecule has 0 aliphatic carbocycles. The van der Waals surface area contributed by atoms with Crippen LogP contribution < -0.4 is 29.6 Å². The van der Waals surface area contributed by atoms with Gasteiger partial charge in [0, 0.05) is 0 Å². The average Bonchev–Trinajstić information content (AvgIpc) is 2.13. The van der Waals surface area contributed by atoms with Crippen LogP contribution in [0.15, 0.2) is 0 Å². The fraction of sp³-hybridized carbons (Fsp3) is 0.333. The van der Waals surface area contributed by atoms with Gasteiger partial charge in [0.1, 0.15) is 0 Å². The molecular formula is C6H4FeN6Na+3. The summed E-state index contributed by atoms with van der Waals surface area (Å²) in [4.78, 5) is 1.56. The quantitative estimate of drug-likeness (QED) is 0.288. The predicted molar refractivity (Wildman–Crippen MR) is 35.9 cm³/mol. The van der Waals surface area contributed by atoms with Crippen molar-refractivity contribution in [3.8, 4) is 24.8 Å². The van der Waals surface area contributed by atoms with Gasteiger partial charge in [-0.3, -0.25) is 0 Å². The van der Waals surface area contributed by atoms with Gasteiger partial charge in [-0.1, -0.05) is 0 Å². The normalized spacial score (nSPS) is 5.71. The maximum absolute atomic E-state index is 8.25. The number of rotatable bonds is 3. The van der Waals surface area contributed by atoms with E-state index in [0.717, 1.165) is 9.80 Å². The van der Waals surface area contributed by atoms with Crippen molar-refractivity contribution in [3.63, 3.8) is 0 Å². The number of hydrogen-bond acceptors (Lipinski definition) is 6. The molecule has 0 aliphatic heterocycles. The van der Waals surface area contributed by atoms with Crippen molar-refractivity contribution in [2.45, 2.75) is 0 Å². The van der Waals surface area contributed by atoms with Crippen molar-refractivity contribution in [2.24, 2.45) is 0 Å². The van der Waals surface area contributed by atoms with Crippen molar-refractivity contribution >= 4 is 0 Å². The minimum atomic E-state index is 0. The molecule has 0 aromatic heterocycles. The van der Waals surface area contributed by atoms with Crippen molar-refractivity contribution in [1.82, 2.24) is 9.80 Å². The summed E-state index contributed by atoms with van der Waals surface area (Å²) in [6.07, 6.45) is 6.33. The summed E-state index contributed by atoms with van der Waals surface area (Å²) < 4.78 is 0. The molecule has 64 valence electrons. The number of nitrogens with zero attached hydrogens (tertiary/aromatic N) is 6. The van der Waals surface area contributed by atoms with E-state index in [9.17, 15) is 0 Å². The Balaban J connectivity index is -0.000000605. The fourth-order valence-electron chi connectivity index (χ4n) is 0.445. The second-order valence-corrected chi connectivity index (χ2v) is 1.70. The first-order valence-corrected chi connectivity index (χ1v) is 2.92. The molecule has 0 rings (SSSR count). The second-order valence-electron chi connectivity index (χ2n) is 1.70. The molecule has 0 aliphatic rings. The molecule has 0 N–H and O–H groups in total. The summed E-state index contributed by atoms with van der Waals surface area (Å²) in [5.41, 5.74) is 0. The zero-order valence-electron chi connectivity index (χ0n) is 7.45. The molecule has 0 bridgehead atoms. The molecule has 0 unspecified atom stereocenters. The standard InChI is InChI=1S/C6H4N6.Fe.Na/c7-3-11(4-8)1-2-12(5-9)6-10;;/h1-2H2;;/q;+2;+1. The van der Waals surface area contributed by atoms with Gasteiger partial charge in [0.15, 0.2) is 24.8 Å². The minimum absolute atomic E-state index is 0. The SMILES string of the molecule is N#CN(C#N)CCN(C#N)C#N.[Fe+2].[Na+]. The van der Waals surface area contributed by atoms with Crippen LogP contribution in [0.25, 0.3) is 0 Å². The molecule has 0 aromatic carbocycles. The zero-order chi connectivity index (χ0) is 9.40. The van der Waals surface area contributed by atoms with E-state index >= 15 is 0 Å². The van der Waals surface area contributed by atoms with E-state index in [4.69, 9.17) is 21.0 Å². The molecule has 0 atom stereocenters. The van der Waals surface area contributed by atoms with E-state index in [0.29, 0.717) is 0 Å². The van der Waals surface area contributed by atoms with Gasteiger partial charge in [0.2, 0.25) is 0 Å². The Bertz CT molecular complexity index is 244. The van der Waals surface area contributed by atoms with Crippen LogP contribution in [-0.4, -0.2) is 22.9 Å². The molecule has 0 spiro atoms. The monoisotopic (exact) mass is 239 g/mol. The summed E-state index contributed by atoms with van der Waals surface area (Å²) in [5, 5.41) is 33.0. The van der Waals surface area contributed by atoms with E-state index in [1.54, 1.807) is 24.8 Å². The topological polar surface area (TPSA) is 102 Å². The third-order valence-electron chi connectivity index (χ3n) is 1.03. The van der Waals surface area contributed by atoms with Gasteiger partial charge in [-0.15, -0.1) is 0 Å². The summed E-state index contributed by atoms with van der Waals surface area (Å²) >= 11 is 0. The van der Waals surface area contributed by atoms with Crippen LogP contribution in [0, 0.1) is 45.8 Å². The van der Waals surface area contributed by atoms with Crippen LogP contribution in [-0.2, 0) is 17.1 Å². The largest absolute Gasteiger partial charge is 2.00 e. The average molecular weight is 239 g/mol. The van der Waals surface area contributed by atoms with Crippen LogP contribution in [0.3, 0.4) is 0 Å². The van der Waals surface area contributed by atoms with Crippen LogP contribution in [0.2, 0.25) is 0 Å². The fourth-order valence-corrected chi connectivity index (χ4v) is 0.445. The molecule has 8 heteroatoms. The number of nitriles is 4. The molecule has 0 fully saturated rings. The Morgan fingerprint density at radius 1 is 0.714 bits per heavy atom. The van der Waals surface area contributed by atoms with E-state index in [1.807, 2.05) is 0 Å². The predicted octanol–water partition coefficient (Wildman–Crippen LogP) is -3.48. The van der Waals surface area contributed by atoms with Crippen LogP contribution in [0.4, 0.5) is 0 Å². The van der Waals surface area contributed by atoms with E-state index in [2.05, 4.69) is 0 Å². The molecule has 0 radical (unpaired) electrons. The van der Waals surface area contributed by atoms with Crippen molar-refractivity contribution in [3.05, 3.63) is 0 Å². The summed E-state index contributed by atoms with van der Waals surface area (Å²) in [6.45, 7) is 0.0994. The Morgan fingerprint density at radius 2 is 0.929 bits per heavy atom. The van der Waals surface area contributed by atoms with Gasteiger partial charge in [-0.2, -0.15) is 21.0 Å². The van der Waals surface area contributed by atoms with Gasteiger partial charge in [0.25, 0.3) is 0 Å². The zero-order valence-corrected chi connectivity index (χ0v) is 10.6. The summed E-state index contributed by atoms with van der Waals surface area (Å²) in [5.74, 6) is 0. The molecule has 0 heterocycles. The maximum atomic E-state index is 8.25. The first-order chi connectivity index (χ1) is 5.78. The van der Waals surface area contributed by atoms with Gasteiger partial charge in [0.05, 0.1) is 13.1 Å². The molecule has 0 saturated carbocycles. The Labute approximate surface area is 115 Å². The summed E-state index contributed by atoms with van der Waals surface area (Å²) in [6, 6.07) is 0. The number of hydrogen-bond donors (Lipinski definition) is 0. The van der Waals surface area contributed by atoms with E-state index in [-0.39, 0.29) is 59.7 Å². The smallest absolute Gasteiger partial charge is 0.214 e. The Morgan fingerprint density at radius 3 is 1.07 bits per heavy atom. The molecular weight excluding hydrogens is 235 g/mol. The van der Waals surface area contributed by atoms with Crippen molar-refractivity contribution in [1.29, 1.82) is 21.0 Å². The maximum Gasteiger partial charge on any atom is 2.00 e. The Kier molecular flexibility index (Phi) is 16.2. The van der Waals surface area contributed by atoms with Crippen molar-refractivity contribution < 1.29 is 46.6 Å². The molecule has 14 heavy (non-hydrogen) atoms. The third-order valence-corrected chi connectivity index (χ3v) is 1.03. The minimum Gasteiger partial charge on any atom is -0.214 e. The molecule has 0 aromatic rings. The van der Waals surface area contributed by atoms with Crippen LogP contribution in [0.5, 0.6) is 0 Å². The summed E-state index contributed by atoms with van der Waals surface area (Å²) in [7, 11) is 0. The van der Waals surface area contributed by atoms with Crippen LogP contribution >= 0.6 is 0 Å².